The molecule has 364 valence electrons. The number of nitrogens with zero attached hydrogens (tertiary/aromatic N) is 2. The molecule has 10 aromatic rings. The lowest BCUT2D eigenvalue weighted by Gasteiger charge is -2.46. The number of hydrogen-bond acceptors (Lipinski definition) is 3. The van der Waals surface area contributed by atoms with Crippen LogP contribution in [0.1, 0.15) is 119 Å². The SMILES string of the molecule is CCCCc1ccc(N2c3cc4oc5cc6c(cc5c4cc3B3c4c(cc(-c5c(C)cccc5C)cc42)-c2cc4ccccc4cc2N3c2ccc3c(c2)C(C)(C)c2ccccc2-3)C(C)(C)CCC6(C)C)c(C)c1. The molecule has 3 heterocycles. The van der Waals surface area contributed by atoms with Crippen molar-refractivity contribution in [2.75, 3.05) is 9.71 Å². The summed E-state index contributed by atoms with van der Waals surface area (Å²) < 4.78 is 7.22. The van der Waals surface area contributed by atoms with Gasteiger partial charge in [0.05, 0.1) is 0 Å². The van der Waals surface area contributed by atoms with Crippen LogP contribution in [0.3, 0.4) is 0 Å². The van der Waals surface area contributed by atoms with E-state index in [9.17, 15) is 0 Å². The van der Waals surface area contributed by atoms with Crippen LogP contribution in [-0.2, 0) is 22.7 Å². The van der Waals surface area contributed by atoms with Crippen LogP contribution >= 0.6 is 0 Å². The third-order valence-corrected chi connectivity index (χ3v) is 18.4. The molecule has 0 bridgehead atoms. The second-order valence-corrected chi connectivity index (χ2v) is 24.3. The van der Waals surface area contributed by atoms with Crippen molar-refractivity contribution in [1.29, 1.82) is 0 Å². The molecule has 4 heteroatoms. The van der Waals surface area contributed by atoms with Crippen LogP contribution < -0.4 is 20.6 Å². The fraction of sp³-hybridized carbons (Fsp3) is 0.257. The zero-order chi connectivity index (χ0) is 50.7. The van der Waals surface area contributed by atoms with Gasteiger partial charge < -0.3 is 14.1 Å². The normalized spacial score (nSPS) is 16.3. The van der Waals surface area contributed by atoms with E-state index in [4.69, 9.17) is 4.42 Å². The van der Waals surface area contributed by atoms with E-state index in [0.717, 1.165) is 36.1 Å². The largest absolute Gasteiger partial charge is 0.456 e. The standard InChI is InChI=1S/C70H65BN2O/c1-11-12-20-44-25-28-60(43(4)31-44)72-62-40-65-53(52-37-57-58(39-64(52)74-65)69(7,8)30-29-68(57,5)6)38-59(62)71-67-54(33-47(35-63(67)72)66-41(2)18-17-19-42(66)3)51-32-45-21-13-14-22-46(45)34-61(51)73(71)48-26-27-50-49-23-15-16-24-55(49)70(9,10)56(50)36-48/h13-19,21-28,31-40H,11-12,20,29-30H2,1-10H3. The predicted molar refractivity (Wildman–Crippen MR) is 316 cm³/mol. The van der Waals surface area contributed by atoms with Crippen LogP contribution in [0.5, 0.6) is 0 Å². The topological polar surface area (TPSA) is 19.6 Å². The van der Waals surface area contributed by atoms with E-state index in [-0.39, 0.29) is 23.1 Å². The molecule has 0 fully saturated rings. The molecular formula is C70H65BN2O. The number of unbranched alkanes of at least 4 members (excludes halogenated alkanes) is 1. The molecule has 1 aromatic heterocycles. The number of hydrogen-bond donors (Lipinski definition) is 0. The fourth-order valence-corrected chi connectivity index (χ4v) is 14.3. The van der Waals surface area contributed by atoms with Crippen molar-refractivity contribution in [3.63, 3.8) is 0 Å². The summed E-state index contributed by atoms with van der Waals surface area (Å²) in [5, 5.41) is 4.87. The fourth-order valence-electron chi connectivity index (χ4n) is 14.3. The Bertz CT molecular complexity index is 4030. The monoisotopic (exact) mass is 961 g/mol. The van der Waals surface area contributed by atoms with Gasteiger partial charge >= 0.3 is 6.85 Å². The number of aryl methyl sites for hydroxylation is 4. The van der Waals surface area contributed by atoms with Crippen LogP contribution in [0.4, 0.5) is 28.4 Å². The molecule has 0 radical (unpaired) electrons. The minimum Gasteiger partial charge on any atom is -0.456 e. The summed E-state index contributed by atoms with van der Waals surface area (Å²) in [6, 6.07) is 59.3. The third kappa shape index (κ3) is 6.45. The molecule has 2 aliphatic carbocycles. The average molecular weight is 961 g/mol. The quantitative estimate of drug-likeness (QED) is 0.155. The van der Waals surface area contributed by atoms with Crippen molar-refractivity contribution in [2.45, 2.75) is 118 Å². The van der Waals surface area contributed by atoms with Crippen LogP contribution in [-0.4, -0.2) is 6.85 Å². The molecule has 14 rings (SSSR count). The number of rotatable bonds is 6. The van der Waals surface area contributed by atoms with Gasteiger partial charge in [0.25, 0.3) is 0 Å². The number of benzene rings is 9. The summed E-state index contributed by atoms with van der Waals surface area (Å²) in [5.74, 6) is 0. The van der Waals surface area contributed by atoms with Gasteiger partial charge in [-0.1, -0.05) is 146 Å². The van der Waals surface area contributed by atoms with Gasteiger partial charge in [-0.05, 0) is 206 Å². The maximum Gasteiger partial charge on any atom is 0.333 e. The van der Waals surface area contributed by atoms with Gasteiger partial charge in [-0.25, -0.2) is 0 Å². The lowest BCUT2D eigenvalue weighted by molar-refractivity contribution is 0.332. The van der Waals surface area contributed by atoms with Gasteiger partial charge in [0.2, 0.25) is 0 Å². The molecule has 0 amide bonds. The van der Waals surface area contributed by atoms with Gasteiger partial charge in [0.1, 0.15) is 11.2 Å². The summed E-state index contributed by atoms with van der Waals surface area (Å²) >= 11 is 0. The first-order valence-electron chi connectivity index (χ1n) is 27.4. The highest BCUT2D eigenvalue weighted by Crippen LogP contribution is 2.55. The third-order valence-electron chi connectivity index (χ3n) is 18.4. The highest BCUT2D eigenvalue weighted by Gasteiger charge is 2.47. The first-order valence-corrected chi connectivity index (χ1v) is 27.4. The smallest absolute Gasteiger partial charge is 0.333 e. The van der Waals surface area contributed by atoms with Gasteiger partial charge in [0.15, 0.2) is 0 Å². The first kappa shape index (κ1) is 45.3. The Balaban J connectivity index is 1.12. The summed E-state index contributed by atoms with van der Waals surface area (Å²) in [4.78, 5) is 5.35. The summed E-state index contributed by atoms with van der Waals surface area (Å²) in [5.41, 5.74) is 29.1. The van der Waals surface area contributed by atoms with Gasteiger partial charge in [-0.2, -0.15) is 0 Å². The second-order valence-electron chi connectivity index (χ2n) is 24.3. The van der Waals surface area contributed by atoms with E-state index in [1.54, 1.807) is 0 Å². The van der Waals surface area contributed by atoms with Crippen molar-refractivity contribution in [1.82, 2.24) is 0 Å². The number of anilines is 5. The van der Waals surface area contributed by atoms with E-state index in [2.05, 4.69) is 231 Å². The van der Waals surface area contributed by atoms with Crippen molar-refractivity contribution in [2.24, 2.45) is 0 Å². The van der Waals surface area contributed by atoms with Crippen LogP contribution in [0.15, 0.2) is 156 Å². The minimum absolute atomic E-state index is 0.0587. The Hall–Kier alpha value is -7.30. The molecule has 3 nitrogen and oxygen atoms in total. The van der Waals surface area contributed by atoms with Crippen LogP contribution in [0.25, 0.3) is 66.1 Å². The highest BCUT2D eigenvalue weighted by molar-refractivity contribution is 6.94. The van der Waals surface area contributed by atoms with Crippen LogP contribution in [0, 0.1) is 20.8 Å². The predicted octanol–water partition coefficient (Wildman–Crippen LogP) is 18.0. The zero-order valence-electron chi connectivity index (χ0n) is 44.8. The van der Waals surface area contributed by atoms with E-state index < -0.39 is 0 Å². The van der Waals surface area contributed by atoms with Gasteiger partial charge in [-0.3, -0.25) is 0 Å². The highest BCUT2D eigenvalue weighted by atomic mass is 16.3. The lowest BCUT2D eigenvalue weighted by atomic mass is 9.43. The second kappa shape index (κ2) is 15.9. The molecule has 0 unspecified atom stereocenters. The molecule has 9 aromatic carbocycles. The van der Waals surface area contributed by atoms with E-state index in [1.165, 1.54) is 146 Å². The van der Waals surface area contributed by atoms with E-state index in [1.807, 2.05) is 0 Å². The molecule has 4 aliphatic rings. The van der Waals surface area contributed by atoms with Crippen molar-refractivity contribution < 1.29 is 4.42 Å². The zero-order valence-corrected chi connectivity index (χ0v) is 44.8. The molecular weight excluding hydrogens is 896 g/mol. The Morgan fingerprint density at radius 1 is 0.514 bits per heavy atom. The average Bonchev–Trinajstić information content (AvgIpc) is 3.86. The van der Waals surface area contributed by atoms with Gasteiger partial charge in [0, 0.05) is 56.3 Å². The number of fused-ring (bicyclic) bond motifs is 12. The Morgan fingerprint density at radius 3 is 1.96 bits per heavy atom. The molecule has 0 N–H and O–H groups in total. The molecule has 0 saturated heterocycles. The summed E-state index contributed by atoms with van der Waals surface area (Å²) in [6.45, 7) is 23.5. The molecule has 74 heavy (non-hydrogen) atoms. The summed E-state index contributed by atoms with van der Waals surface area (Å²) in [7, 11) is 0. The number of furan rings is 1. The van der Waals surface area contributed by atoms with Gasteiger partial charge in [-0.15, -0.1) is 0 Å². The van der Waals surface area contributed by atoms with E-state index in [0.29, 0.717) is 0 Å². The molecule has 2 aliphatic heterocycles. The maximum atomic E-state index is 7.22. The maximum absolute atomic E-state index is 7.22. The Kier molecular flexibility index (Phi) is 9.71. The molecule has 0 spiro atoms. The minimum atomic E-state index is -0.177. The Labute approximate surface area is 438 Å². The molecule has 0 saturated carbocycles. The van der Waals surface area contributed by atoms with E-state index >= 15 is 0 Å². The van der Waals surface area contributed by atoms with Crippen LogP contribution in [0.2, 0.25) is 0 Å². The Morgan fingerprint density at radius 2 is 1.20 bits per heavy atom. The summed E-state index contributed by atoms with van der Waals surface area (Å²) in [6.07, 6.45) is 5.74. The first-order chi connectivity index (χ1) is 35.6. The molecule has 0 atom stereocenters. The van der Waals surface area contributed by atoms with Crippen molar-refractivity contribution in [3.05, 3.63) is 196 Å². The van der Waals surface area contributed by atoms with Crippen molar-refractivity contribution in [3.8, 4) is 33.4 Å². The lowest BCUT2D eigenvalue weighted by Crippen LogP contribution is -2.61. The van der Waals surface area contributed by atoms with Crippen molar-refractivity contribution >= 4 is 78.9 Å².